The van der Waals surface area contributed by atoms with E-state index in [0.29, 0.717) is 18.0 Å². The number of methoxy groups -OCH3 is 1. The van der Waals surface area contributed by atoms with Gasteiger partial charge in [-0.3, -0.25) is 4.40 Å². The summed E-state index contributed by atoms with van der Waals surface area (Å²) < 4.78 is 12.6. The molecule has 0 aliphatic rings. The molecule has 20 heavy (non-hydrogen) atoms. The topological polar surface area (TPSA) is 77.5 Å². The van der Waals surface area contributed by atoms with Crippen molar-refractivity contribution in [3.63, 3.8) is 0 Å². The number of aryl methyl sites for hydroxylation is 1. The van der Waals surface area contributed by atoms with Gasteiger partial charge in [-0.2, -0.15) is 0 Å². The third-order valence-corrected chi connectivity index (χ3v) is 3.10. The lowest BCUT2D eigenvalue weighted by Crippen LogP contribution is -2.15. The molecule has 3 aromatic rings. The molecule has 3 aromatic heterocycles. The Labute approximate surface area is 115 Å². The molecule has 3 heterocycles. The van der Waals surface area contributed by atoms with Gasteiger partial charge in [0.25, 0.3) is 0 Å². The fourth-order valence-electron chi connectivity index (χ4n) is 2.03. The van der Waals surface area contributed by atoms with Gasteiger partial charge in [-0.05, 0) is 19.1 Å². The second-order valence-corrected chi connectivity index (χ2v) is 4.34. The molecular formula is C13H15N5O2. The molecule has 0 saturated heterocycles. The lowest BCUT2D eigenvalue weighted by Gasteiger charge is -2.14. The first-order chi connectivity index (χ1) is 9.79. The molecule has 0 aromatic carbocycles. The maximum absolute atomic E-state index is 5.41. The van der Waals surface area contributed by atoms with Crippen LogP contribution in [-0.2, 0) is 4.74 Å². The second-order valence-electron chi connectivity index (χ2n) is 4.34. The van der Waals surface area contributed by atoms with E-state index in [0.717, 1.165) is 11.6 Å². The number of furan rings is 1. The minimum atomic E-state index is -0.184. The highest BCUT2D eigenvalue weighted by Gasteiger charge is 2.15. The molecule has 0 saturated carbocycles. The average Bonchev–Trinajstić information content (AvgIpc) is 3.11. The molecule has 0 aliphatic carbocycles. The number of hydrogen-bond donors (Lipinski definition) is 1. The van der Waals surface area contributed by atoms with Crippen LogP contribution in [0.1, 0.15) is 17.7 Å². The van der Waals surface area contributed by atoms with Crippen molar-refractivity contribution >= 4 is 11.5 Å². The summed E-state index contributed by atoms with van der Waals surface area (Å²) in [6, 6.07) is 3.72. The van der Waals surface area contributed by atoms with Crippen LogP contribution in [-0.4, -0.2) is 33.2 Å². The van der Waals surface area contributed by atoms with Crippen molar-refractivity contribution in [1.82, 2.24) is 19.6 Å². The van der Waals surface area contributed by atoms with E-state index in [1.54, 1.807) is 19.6 Å². The third-order valence-electron chi connectivity index (χ3n) is 3.10. The van der Waals surface area contributed by atoms with E-state index in [-0.39, 0.29) is 6.10 Å². The molecule has 0 spiro atoms. The SMILES string of the molecule is COC(CNc1nccn2c(C)nnc12)c1ccco1. The van der Waals surface area contributed by atoms with Crippen molar-refractivity contribution in [3.05, 3.63) is 42.4 Å². The number of hydrogen-bond acceptors (Lipinski definition) is 6. The molecule has 0 radical (unpaired) electrons. The van der Waals surface area contributed by atoms with Crippen LogP contribution in [0.15, 0.2) is 35.2 Å². The Hall–Kier alpha value is -2.41. The van der Waals surface area contributed by atoms with E-state index in [1.165, 1.54) is 0 Å². The fourth-order valence-corrected chi connectivity index (χ4v) is 2.03. The number of fused-ring (bicyclic) bond motifs is 1. The van der Waals surface area contributed by atoms with Crippen LogP contribution in [0.25, 0.3) is 5.65 Å². The molecule has 1 atom stereocenters. The van der Waals surface area contributed by atoms with Gasteiger partial charge in [0.15, 0.2) is 5.82 Å². The Morgan fingerprint density at radius 1 is 1.45 bits per heavy atom. The van der Waals surface area contributed by atoms with Crippen molar-refractivity contribution in [1.29, 1.82) is 0 Å². The third kappa shape index (κ3) is 2.23. The van der Waals surface area contributed by atoms with Gasteiger partial charge < -0.3 is 14.5 Å². The summed E-state index contributed by atoms with van der Waals surface area (Å²) in [6.45, 7) is 2.42. The summed E-state index contributed by atoms with van der Waals surface area (Å²) in [4.78, 5) is 4.29. The Balaban J connectivity index is 1.80. The summed E-state index contributed by atoms with van der Waals surface area (Å²) in [5.41, 5.74) is 0.694. The zero-order valence-corrected chi connectivity index (χ0v) is 11.3. The summed E-state index contributed by atoms with van der Waals surface area (Å²) >= 11 is 0. The highest BCUT2D eigenvalue weighted by atomic mass is 16.5. The van der Waals surface area contributed by atoms with Gasteiger partial charge in [0.05, 0.1) is 6.26 Å². The highest BCUT2D eigenvalue weighted by molar-refractivity contribution is 5.61. The van der Waals surface area contributed by atoms with Crippen LogP contribution >= 0.6 is 0 Å². The van der Waals surface area contributed by atoms with Crippen LogP contribution in [0.3, 0.4) is 0 Å². The van der Waals surface area contributed by atoms with E-state index >= 15 is 0 Å². The summed E-state index contributed by atoms with van der Waals surface area (Å²) in [5, 5.41) is 11.4. The van der Waals surface area contributed by atoms with Crippen molar-refractivity contribution < 1.29 is 9.15 Å². The Kier molecular flexibility index (Phi) is 3.34. The van der Waals surface area contributed by atoms with E-state index in [2.05, 4.69) is 20.5 Å². The van der Waals surface area contributed by atoms with Gasteiger partial charge in [-0.15, -0.1) is 10.2 Å². The Morgan fingerprint density at radius 2 is 2.35 bits per heavy atom. The molecule has 104 valence electrons. The Morgan fingerprint density at radius 3 is 3.10 bits per heavy atom. The summed E-state index contributed by atoms with van der Waals surface area (Å²) in [7, 11) is 1.64. The smallest absolute Gasteiger partial charge is 0.203 e. The minimum Gasteiger partial charge on any atom is -0.467 e. The van der Waals surface area contributed by atoms with Crippen LogP contribution in [0.4, 0.5) is 5.82 Å². The van der Waals surface area contributed by atoms with Gasteiger partial charge in [-0.25, -0.2) is 4.98 Å². The molecule has 0 amide bonds. The molecule has 0 fully saturated rings. The van der Waals surface area contributed by atoms with Crippen molar-refractivity contribution in [3.8, 4) is 0 Å². The monoisotopic (exact) mass is 273 g/mol. The lowest BCUT2D eigenvalue weighted by atomic mass is 10.2. The second kappa shape index (κ2) is 5.30. The van der Waals surface area contributed by atoms with Gasteiger partial charge in [0.2, 0.25) is 5.65 Å². The van der Waals surface area contributed by atoms with Crippen LogP contribution < -0.4 is 5.32 Å². The molecule has 0 bridgehead atoms. The first kappa shape index (κ1) is 12.6. The van der Waals surface area contributed by atoms with Crippen molar-refractivity contribution in [2.45, 2.75) is 13.0 Å². The van der Waals surface area contributed by atoms with Crippen LogP contribution in [0.2, 0.25) is 0 Å². The number of anilines is 1. The number of aromatic nitrogens is 4. The number of ether oxygens (including phenoxy) is 1. The van der Waals surface area contributed by atoms with Crippen molar-refractivity contribution in [2.75, 3.05) is 19.0 Å². The van der Waals surface area contributed by atoms with E-state index in [1.807, 2.05) is 29.7 Å². The quantitative estimate of drug-likeness (QED) is 0.764. The predicted molar refractivity (Wildman–Crippen MR) is 72.5 cm³/mol. The van der Waals surface area contributed by atoms with Gasteiger partial charge in [-0.1, -0.05) is 0 Å². The zero-order valence-electron chi connectivity index (χ0n) is 11.3. The van der Waals surface area contributed by atoms with Gasteiger partial charge in [0, 0.05) is 26.0 Å². The van der Waals surface area contributed by atoms with Crippen LogP contribution in [0, 0.1) is 6.92 Å². The summed E-state index contributed by atoms with van der Waals surface area (Å²) in [5.74, 6) is 2.26. The average molecular weight is 273 g/mol. The number of rotatable bonds is 5. The van der Waals surface area contributed by atoms with Crippen LogP contribution in [0.5, 0.6) is 0 Å². The molecule has 0 aliphatic heterocycles. The lowest BCUT2D eigenvalue weighted by molar-refractivity contribution is 0.0943. The Bertz CT molecular complexity index is 692. The van der Waals surface area contributed by atoms with E-state index in [4.69, 9.17) is 9.15 Å². The molecule has 3 rings (SSSR count). The minimum absolute atomic E-state index is 0.184. The standard InChI is InChI=1S/C13H15N5O2/c1-9-16-17-13-12(14-5-6-18(9)13)15-8-11(19-2)10-4-3-7-20-10/h3-7,11H,8H2,1-2H3,(H,14,15). The van der Waals surface area contributed by atoms with E-state index in [9.17, 15) is 0 Å². The zero-order chi connectivity index (χ0) is 13.9. The maximum Gasteiger partial charge on any atom is 0.203 e. The molecule has 7 heteroatoms. The highest BCUT2D eigenvalue weighted by Crippen LogP contribution is 2.19. The predicted octanol–water partition coefficient (Wildman–Crippen LogP) is 1.83. The fraction of sp³-hybridized carbons (Fsp3) is 0.308. The largest absolute Gasteiger partial charge is 0.467 e. The summed E-state index contributed by atoms with van der Waals surface area (Å²) in [6.07, 6.45) is 4.98. The molecule has 7 nitrogen and oxygen atoms in total. The first-order valence-corrected chi connectivity index (χ1v) is 6.26. The molecular weight excluding hydrogens is 258 g/mol. The van der Waals surface area contributed by atoms with Crippen molar-refractivity contribution in [2.24, 2.45) is 0 Å². The van der Waals surface area contributed by atoms with Gasteiger partial charge in [0.1, 0.15) is 17.7 Å². The number of nitrogens with zero attached hydrogens (tertiary/aromatic N) is 4. The number of nitrogens with one attached hydrogen (secondary N) is 1. The normalized spacial score (nSPS) is 12.7. The van der Waals surface area contributed by atoms with Gasteiger partial charge >= 0.3 is 0 Å². The maximum atomic E-state index is 5.41. The van der Waals surface area contributed by atoms with E-state index < -0.39 is 0 Å². The molecule has 1 N–H and O–H groups in total. The molecule has 1 unspecified atom stereocenters. The first-order valence-electron chi connectivity index (χ1n) is 6.26.